The lowest BCUT2D eigenvalue weighted by atomic mass is 9.43. The molecule has 0 radical (unpaired) electrons. The summed E-state index contributed by atoms with van der Waals surface area (Å²) in [7, 11) is 0. The predicted octanol–water partition coefficient (Wildman–Crippen LogP) is 6.60. The predicted molar refractivity (Wildman–Crippen MR) is 223 cm³/mol. The molecule has 0 aromatic rings. The molecule has 4 aliphatic rings. The maximum Gasteiger partial charge on any atom is 0.0762 e. The molecule has 7 nitrogen and oxygen atoms in total. The summed E-state index contributed by atoms with van der Waals surface area (Å²) >= 11 is 0. The second-order valence-electron chi connectivity index (χ2n) is 19.5. The fourth-order valence-corrected chi connectivity index (χ4v) is 12.7. The highest BCUT2D eigenvalue weighted by molar-refractivity contribution is 5.15. The monoisotopic (exact) mass is 765 g/mol. The minimum absolute atomic E-state index is 0.228. The van der Waals surface area contributed by atoms with E-state index in [2.05, 4.69) is 50.2 Å². The van der Waals surface area contributed by atoms with E-state index in [1.54, 1.807) is 0 Å². The van der Waals surface area contributed by atoms with E-state index in [-0.39, 0.29) is 5.41 Å². The zero-order valence-corrected chi connectivity index (χ0v) is 36.7. The fourth-order valence-electron chi connectivity index (χ4n) is 12.7. The standard InChI is InChI=1S/C47H92N4O3/c1-5-6-7-8-9-10-11-12-13-14-15-16-29-51-30-17-21-37(2)40-22-23-41-45-42(36-44(47(40,41)4)54-33-20-28-50)46(3)25-24-39(52-31-18-26-48)34-38(46)35-43(45)53-32-19-27-49/h37-45,51H,5-36,48-50H2,1-4H3/p+4/t37-,38+,39-,40-,41+,42+,43-,44+,45+,46+,47-/m1/s1. The quantitative estimate of drug-likeness (QED) is 0.0617. The molecular formula is C47H96N4O3+4. The van der Waals surface area contributed by atoms with E-state index in [0.29, 0.717) is 47.4 Å². The molecule has 0 saturated heterocycles. The highest BCUT2D eigenvalue weighted by Crippen LogP contribution is 2.69. The smallest absolute Gasteiger partial charge is 0.0762 e. The molecule has 4 aliphatic carbocycles. The van der Waals surface area contributed by atoms with Crippen molar-refractivity contribution < 1.29 is 36.7 Å². The van der Waals surface area contributed by atoms with E-state index in [1.165, 1.54) is 148 Å². The second kappa shape index (κ2) is 25.3. The lowest BCUT2D eigenvalue weighted by molar-refractivity contribution is -0.655. The largest absolute Gasteiger partial charge is 0.378 e. The fraction of sp³-hybridized carbons (Fsp3) is 1.00. The summed E-state index contributed by atoms with van der Waals surface area (Å²) < 4.78 is 20.6. The number of hydrogen-bond donors (Lipinski definition) is 4. The Balaban J connectivity index is 1.31. The van der Waals surface area contributed by atoms with Gasteiger partial charge >= 0.3 is 0 Å². The number of hydrogen-bond acceptors (Lipinski definition) is 3. The van der Waals surface area contributed by atoms with Gasteiger partial charge in [0.1, 0.15) is 0 Å². The molecule has 0 bridgehead atoms. The van der Waals surface area contributed by atoms with Gasteiger partial charge in [0.25, 0.3) is 0 Å². The second-order valence-corrected chi connectivity index (χ2v) is 19.5. The van der Waals surface area contributed by atoms with Crippen molar-refractivity contribution in [1.82, 2.24) is 0 Å². The summed E-state index contributed by atoms with van der Waals surface area (Å²) in [5.41, 5.74) is 13.0. The Morgan fingerprint density at radius 2 is 1.22 bits per heavy atom. The number of quaternary nitrogens is 4. The summed E-state index contributed by atoms with van der Waals surface area (Å²) in [5.74, 6) is 4.19. The van der Waals surface area contributed by atoms with Crippen molar-refractivity contribution in [2.75, 3.05) is 52.5 Å². The molecule has 4 saturated carbocycles. The molecule has 0 spiro atoms. The van der Waals surface area contributed by atoms with Crippen LogP contribution in [0, 0.1) is 46.3 Å². The number of fused-ring (bicyclic) bond motifs is 5. The maximum absolute atomic E-state index is 7.12. The van der Waals surface area contributed by atoms with E-state index in [0.717, 1.165) is 70.6 Å². The summed E-state index contributed by atoms with van der Waals surface area (Å²) in [6.45, 7) is 18.4. The van der Waals surface area contributed by atoms with Gasteiger partial charge < -0.3 is 36.7 Å². The van der Waals surface area contributed by atoms with Crippen LogP contribution in [0.5, 0.6) is 0 Å². The van der Waals surface area contributed by atoms with Gasteiger partial charge in [0, 0.05) is 24.7 Å². The molecule has 0 aliphatic heterocycles. The summed E-state index contributed by atoms with van der Waals surface area (Å²) in [5, 5.41) is 2.63. The minimum Gasteiger partial charge on any atom is -0.378 e. The molecule has 0 unspecified atom stereocenters. The number of rotatable bonds is 30. The van der Waals surface area contributed by atoms with Crippen molar-refractivity contribution in [3.05, 3.63) is 0 Å². The Labute approximate surface area is 334 Å². The van der Waals surface area contributed by atoms with Crippen LogP contribution in [-0.2, 0) is 14.2 Å². The van der Waals surface area contributed by atoms with Crippen LogP contribution in [0.3, 0.4) is 0 Å². The maximum atomic E-state index is 7.12. The Kier molecular flexibility index (Phi) is 21.7. The van der Waals surface area contributed by atoms with Crippen molar-refractivity contribution in [2.45, 2.75) is 200 Å². The summed E-state index contributed by atoms with van der Waals surface area (Å²) in [4.78, 5) is 0. The van der Waals surface area contributed by atoms with Crippen LogP contribution < -0.4 is 22.5 Å². The van der Waals surface area contributed by atoms with Crippen LogP contribution in [0.25, 0.3) is 0 Å². The molecule has 4 fully saturated rings. The Morgan fingerprint density at radius 1 is 0.630 bits per heavy atom. The van der Waals surface area contributed by atoms with Gasteiger partial charge in [-0.1, -0.05) is 91.9 Å². The highest BCUT2D eigenvalue weighted by atomic mass is 16.5. The van der Waals surface area contributed by atoms with Crippen LogP contribution in [0.2, 0.25) is 0 Å². The van der Waals surface area contributed by atoms with Gasteiger partial charge in [-0.3, -0.25) is 0 Å². The SMILES string of the molecule is CCCCCCCCCCCCCC[NH2+]CCC[C@@H](C)[C@H]1CC[C@H]2[C@@H]3[C@H](OCCC[NH3+])C[C@@H]4C[C@H](OCCC[NH3+])CC[C@]4(C)[C@H]3C[C@H](OCCC[NH3+])[C@]12C. The van der Waals surface area contributed by atoms with E-state index in [4.69, 9.17) is 14.2 Å². The molecule has 0 aromatic heterocycles. The summed E-state index contributed by atoms with van der Waals surface area (Å²) in [6.07, 6.45) is 33.2. The normalized spacial score (nSPS) is 34.1. The molecule has 54 heavy (non-hydrogen) atoms. The van der Waals surface area contributed by atoms with Crippen molar-refractivity contribution >= 4 is 0 Å². The Morgan fingerprint density at radius 3 is 1.87 bits per heavy atom. The topological polar surface area (TPSA) is 127 Å². The first-order chi connectivity index (χ1) is 26.3. The van der Waals surface area contributed by atoms with E-state index in [9.17, 15) is 0 Å². The first-order valence-corrected chi connectivity index (χ1v) is 24.4. The molecule has 0 amide bonds. The molecule has 318 valence electrons. The van der Waals surface area contributed by atoms with E-state index in [1.807, 2.05) is 0 Å². The molecule has 4 rings (SSSR count). The molecule has 0 heterocycles. The minimum atomic E-state index is 0.228. The van der Waals surface area contributed by atoms with Crippen molar-refractivity contribution in [2.24, 2.45) is 46.3 Å². The lowest BCUT2D eigenvalue weighted by Crippen LogP contribution is -2.84. The van der Waals surface area contributed by atoms with Gasteiger partial charge in [-0.2, -0.15) is 0 Å². The average molecular weight is 765 g/mol. The molecule has 0 aromatic carbocycles. The Bertz CT molecular complexity index is 971. The van der Waals surface area contributed by atoms with Crippen LogP contribution >= 0.6 is 0 Å². The molecule has 11 atom stereocenters. The zero-order valence-electron chi connectivity index (χ0n) is 36.7. The lowest BCUT2D eigenvalue weighted by Gasteiger charge is -2.65. The van der Waals surface area contributed by atoms with Crippen LogP contribution in [0.4, 0.5) is 0 Å². The van der Waals surface area contributed by atoms with Gasteiger partial charge in [0.05, 0.1) is 70.9 Å². The number of nitrogens with two attached hydrogens (primary N) is 1. The van der Waals surface area contributed by atoms with Gasteiger partial charge in [0.2, 0.25) is 0 Å². The van der Waals surface area contributed by atoms with Gasteiger partial charge in [-0.15, -0.1) is 0 Å². The van der Waals surface area contributed by atoms with Crippen molar-refractivity contribution in [3.63, 3.8) is 0 Å². The van der Waals surface area contributed by atoms with Crippen molar-refractivity contribution in [1.29, 1.82) is 0 Å². The number of ether oxygens (including phenoxy) is 3. The molecular weight excluding hydrogens is 669 g/mol. The first kappa shape index (κ1) is 46.4. The molecule has 7 heteroatoms. The third-order valence-corrected chi connectivity index (χ3v) is 16.0. The van der Waals surface area contributed by atoms with Gasteiger partial charge in [-0.05, 0) is 112 Å². The summed E-state index contributed by atoms with van der Waals surface area (Å²) in [6, 6.07) is 0. The van der Waals surface area contributed by atoms with E-state index < -0.39 is 0 Å². The number of unbranched alkanes of at least 4 members (excludes halogenated alkanes) is 11. The van der Waals surface area contributed by atoms with Crippen LogP contribution in [0.1, 0.15) is 182 Å². The Hall–Kier alpha value is -0.280. The third kappa shape index (κ3) is 12.9. The third-order valence-electron chi connectivity index (χ3n) is 16.0. The van der Waals surface area contributed by atoms with Crippen LogP contribution in [0.15, 0.2) is 0 Å². The van der Waals surface area contributed by atoms with Crippen molar-refractivity contribution in [3.8, 4) is 0 Å². The highest BCUT2D eigenvalue weighted by Gasteiger charge is 2.66. The van der Waals surface area contributed by atoms with E-state index >= 15 is 0 Å². The van der Waals surface area contributed by atoms with Gasteiger partial charge in [0.15, 0.2) is 0 Å². The average Bonchev–Trinajstić information content (AvgIpc) is 3.53. The van der Waals surface area contributed by atoms with Crippen LogP contribution in [-0.4, -0.2) is 70.9 Å². The first-order valence-electron chi connectivity index (χ1n) is 24.4. The zero-order chi connectivity index (χ0) is 38.7. The molecule has 11 N–H and O–H groups in total. The van der Waals surface area contributed by atoms with Gasteiger partial charge in [-0.25, -0.2) is 0 Å².